The first kappa shape index (κ1) is 7.43. The lowest BCUT2D eigenvalue weighted by Crippen LogP contribution is -2.02. The van der Waals surface area contributed by atoms with Crippen LogP contribution in [0.5, 0.6) is 0 Å². The second kappa shape index (κ2) is 2.68. The normalized spacial score (nSPS) is 10.5. The lowest BCUT2D eigenvalue weighted by molar-refractivity contribution is 0.177. The SMILES string of the molecule is COn1cnc2ccc(Cl)cc21. The van der Waals surface area contributed by atoms with Crippen LogP contribution in [-0.2, 0) is 0 Å². The summed E-state index contributed by atoms with van der Waals surface area (Å²) in [5.41, 5.74) is 1.76. The van der Waals surface area contributed by atoms with Crippen molar-refractivity contribution in [1.29, 1.82) is 0 Å². The van der Waals surface area contributed by atoms with Crippen molar-refractivity contribution in [2.45, 2.75) is 0 Å². The fraction of sp³-hybridized carbons (Fsp3) is 0.125. The average molecular weight is 183 g/mol. The Hall–Kier alpha value is -1.22. The molecule has 0 fully saturated rings. The van der Waals surface area contributed by atoms with Crippen LogP contribution in [0, 0.1) is 0 Å². The van der Waals surface area contributed by atoms with Crippen LogP contribution in [0.2, 0.25) is 5.02 Å². The Balaban J connectivity index is 2.75. The maximum Gasteiger partial charge on any atom is 0.133 e. The number of rotatable bonds is 1. The Morgan fingerprint density at radius 2 is 2.33 bits per heavy atom. The highest BCUT2D eigenvalue weighted by Crippen LogP contribution is 2.16. The van der Waals surface area contributed by atoms with Crippen molar-refractivity contribution in [3.8, 4) is 0 Å². The smallest absolute Gasteiger partial charge is 0.133 e. The van der Waals surface area contributed by atoms with Crippen molar-refractivity contribution in [2.75, 3.05) is 7.11 Å². The standard InChI is InChI=1S/C8H7ClN2O/c1-12-11-5-10-7-3-2-6(9)4-8(7)11/h2-5H,1H3. The Morgan fingerprint density at radius 3 is 3.08 bits per heavy atom. The van der Waals surface area contributed by atoms with Crippen LogP contribution in [0.25, 0.3) is 11.0 Å². The van der Waals surface area contributed by atoms with Crippen LogP contribution >= 0.6 is 11.6 Å². The molecule has 3 nitrogen and oxygen atoms in total. The van der Waals surface area contributed by atoms with Gasteiger partial charge in [-0.1, -0.05) is 11.6 Å². The van der Waals surface area contributed by atoms with Gasteiger partial charge >= 0.3 is 0 Å². The largest absolute Gasteiger partial charge is 0.416 e. The molecule has 2 aromatic rings. The zero-order chi connectivity index (χ0) is 8.55. The maximum atomic E-state index is 5.81. The monoisotopic (exact) mass is 182 g/mol. The van der Waals surface area contributed by atoms with Gasteiger partial charge in [-0.2, -0.15) is 4.73 Å². The molecule has 0 aliphatic carbocycles. The summed E-state index contributed by atoms with van der Waals surface area (Å²) in [6.07, 6.45) is 1.61. The van der Waals surface area contributed by atoms with Gasteiger partial charge in [0.1, 0.15) is 19.0 Å². The fourth-order valence-corrected chi connectivity index (χ4v) is 1.27. The van der Waals surface area contributed by atoms with Gasteiger partial charge in [0.15, 0.2) is 0 Å². The minimum absolute atomic E-state index is 0.682. The Kier molecular flexibility index (Phi) is 1.66. The molecule has 1 aromatic heterocycles. The molecule has 2 rings (SSSR count). The van der Waals surface area contributed by atoms with Crippen molar-refractivity contribution < 1.29 is 4.84 Å². The molecule has 12 heavy (non-hydrogen) atoms. The lowest BCUT2D eigenvalue weighted by atomic mass is 10.3. The fourth-order valence-electron chi connectivity index (χ4n) is 1.10. The van der Waals surface area contributed by atoms with Gasteiger partial charge < -0.3 is 4.84 Å². The molecular weight excluding hydrogens is 176 g/mol. The summed E-state index contributed by atoms with van der Waals surface area (Å²) in [6.45, 7) is 0. The highest BCUT2D eigenvalue weighted by atomic mass is 35.5. The molecule has 0 radical (unpaired) electrons. The summed E-state index contributed by atoms with van der Waals surface area (Å²) in [5.74, 6) is 0. The first-order valence-electron chi connectivity index (χ1n) is 3.48. The predicted molar refractivity (Wildman–Crippen MR) is 47.2 cm³/mol. The summed E-state index contributed by atoms with van der Waals surface area (Å²) in [7, 11) is 1.59. The average Bonchev–Trinajstić information content (AvgIpc) is 2.46. The topological polar surface area (TPSA) is 27.1 Å². The van der Waals surface area contributed by atoms with E-state index in [1.807, 2.05) is 12.1 Å². The molecule has 62 valence electrons. The number of hydrogen-bond acceptors (Lipinski definition) is 2. The van der Waals surface area contributed by atoms with Crippen LogP contribution in [0.15, 0.2) is 24.5 Å². The molecule has 1 aromatic carbocycles. The quantitative estimate of drug-likeness (QED) is 0.672. The van der Waals surface area contributed by atoms with Gasteiger partial charge in [0.25, 0.3) is 0 Å². The molecule has 0 saturated carbocycles. The van der Waals surface area contributed by atoms with E-state index in [2.05, 4.69) is 4.98 Å². The van der Waals surface area contributed by atoms with Gasteiger partial charge in [0.05, 0.1) is 5.52 Å². The molecule has 0 N–H and O–H groups in total. The number of aromatic nitrogens is 2. The molecule has 0 spiro atoms. The third-order valence-corrected chi connectivity index (χ3v) is 1.91. The molecule has 0 saturated heterocycles. The van der Waals surface area contributed by atoms with E-state index in [-0.39, 0.29) is 0 Å². The van der Waals surface area contributed by atoms with E-state index in [1.54, 1.807) is 24.2 Å². The van der Waals surface area contributed by atoms with Crippen molar-refractivity contribution in [2.24, 2.45) is 0 Å². The van der Waals surface area contributed by atoms with E-state index >= 15 is 0 Å². The number of hydrogen-bond donors (Lipinski definition) is 0. The van der Waals surface area contributed by atoms with Gasteiger partial charge in [0.2, 0.25) is 0 Å². The Morgan fingerprint density at radius 1 is 1.50 bits per heavy atom. The summed E-state index contributed by atoms with van der Waals surface area (Å²) in [6, 6.07) is 5.47. The third kappa shape index (κ3) is 1.02. The highest BCUT2D eigenvalue weighted by molar-refractivity contribution is 6.31. The number of imidazole rings is 1. The molecule has 0 unspecified atom stereocenters. The number of halogens is 1. The highest BCUT2D eigenvalue weighted by Gasteiger charge is 2.01. The zero-order valence-electron chi connectivity index (χ0n) is 6.49. The van der Waals surface area contributed by atoms with Crippen LogP contribution in [-0.4, -0.2) is 16.8 Å². The van der Waals surface area contributed by atoms with Crippen molar-refractivity contribution in [3.05, 3.63) is 29.5 Å². The van der Waals surface area contributed by atoms with Gasteiger partial charge in [-0.05, 0) is 18.2 Å². The molecule has 0 amide bonds. The van der Waals surface area contributed by atoms with Crippen molar-refractivity contribution in [3.63, 3.8) is 0 Å². The van der Waals surface area contributed by atoms with E-state index in [9.17, 15) is 0 Å². The maximum absolute atomic E-state index is 5.81. The minimum Gasteiger partial charge on any atom is -0.416 e. The lowest BCUT2D eigenvalue weighted by Gasteiger charge is -1.99. The van der Waals surface area contributed by atoms with Gasteiger partial charge in [-0.15, -0.1) is 0 Å². The molecule has 4 heteroatoms. The second-order valence-electron chi connectivity index (χ2n) is 2.39. The number of fused-ring (bicyclic) bond motifs is 1. The first-order chi connectivity index (χ1) is 5.81. The van der Waals surface area contributed by atoms with E-state index in [0.717, 1.165) is 11.0 Å². The summed E-state index contributed by atoms with van der Waals surface area (Å²) in [5, 5.41) is 0.682. The van der Waals surface area contributed by atoms with Crippen molar-refractivity contribution in [1.82, 2.24) is 9.71 Å². The molecule has 0 aliphatic rings. The van der Waals surface area contributed by atoms with Gasteiger partial charge in [0, 0.05) is 5.02 Å². The van der Waals surface area contributed by atoms with Crippen LogP contribution in [0.3, 0.4) is 0 Å². The van der Waals surface area contributed by atoms with Gasteiger partial charge in [-0.3, -0.25) is 0 Å². The van der Waals surface area contributed by atoms with E-state index in [1.165, 1.54) is 0 Å². The van der Waals surface area contributed by atoms with Crippen LogP contribution in [0.4, 0.5) is 0 Å². The Bertz CT molecular complexity index is 410. The third-order valence-electron chi connectivity index (χ3n) is 1.67. The minimum atomic E-state index is 0.682. The number of nitrogens with zero attached hydrogens (tertiary/aromatic N) is 2. The molecule has 1 heterocycles. The summed E-state index contributed by atoms with van der Waals surface area (Å²) < 4.78 is 1.57. The Labute approximate surface area is 74.5 Å². The predicted octanol–water partition coefficient (Wildman–Crippen LogP) is 1.75. The van der Waals surface area contributed by atoms with Crippen molar-refractivity contribution >= 4 is 22.6 Å². The molecule has 0 bridgehead atoms. The van der Waals surface area contributed by atoms with Gasteiger partial charge in [-0.25, -0.2) is 4.98 Å². The molecule has 0 atom stereocenters. The zero-order valence-corrected chi connectivity index (χ0v) is 7.25. The van der Waals surface area contributed by atoms with E-state index in [0.29, 0.717) is 5.02 Å². The van der Waals surface area contributed by atoms with E-state index in [4.69, 9.17) is 16.4 Å². The van der Waals surface area contributed by atoms with E-state index < -0.39 is 0 Å². The molecule has 0 aliphatic heterocycles. The molecular formula is C8H7ClN2O. The summed E-state index contributed by atoms with van der Waals surface area (Å²) in [4.78, 5) is 9.13. The second-order valence-corrected chi connectivity index (χ2v) is 2.82. The first-order valence-corrected chi connectivity index (χ1v) is 3.86. The van der Waals surface area contributed by atoms with Crippen LogP contribution < -0.4 is 4.84 Å². The summed E-state index contributed by atoms with van der Waals surface area (Å²) >= 11 is 5.81. The number of benzene rings is 1. The van der Waals surface area contributed by atoms with Crippen LogP contribution in [0.1, 0.15) is 0 Å².